The molecule has 0 bridgehead atoms. The summed E-state index contributed by atoms with van der Waals surface area (Å²) in [4.78, 5) is 23.1. The van der Waals surface area contributed by atoms with Crippen LogP contribution in [-0.2, 0) is 20.7 Å². The monoisotopic (exact) mass is 277 g/mol. The van der Waals surface area contributed by atoms with Crippen LogP contribution in [0.1, 0.15) is 25.8 Å². The fourth-order valence-electron chi connectivity index (χ4n) is 2.00. The highest BCUT2D eigenvalue weighted by Gasteiger charge is 2.23. The lowest BCUT2D eigenvalue weighted by atomic mass is 10.0. The Bertz CT molecular complexity index is 417. The number of benzene rings is 1. The van der Waals surface area contributed by atoms with Gasteiger partial charge in [-0.05, 0) is 24.9 Å². The van der Waals surface area contributed by atoms with Gasteiger partial charge in [0.25, 0.3) is 0 Å². The first-order chi connectivity index (χ1) is 9.56. The maximum absolute atomic E-state index is 12.0. The fourth-order valence-corrected chi connectivity index (χ4v) is 2.00. The Morgan fingerprint density at radius 3 is 2.45 bits per heavy atom. The third-order valence-electron chi connectivity index (χ3n) is 3.04. The Morgan fingerprint density at radius 1 is 1.30 bits per heavy atom. The SMILES string of the molecule is CNC(CC(C)C)C(=O)O[C@@H](C=O)Cc1ccccc1. The third-order valence-corrected chi connectivity index (χ3v) is 3.04. The van der Waals surface area contributed by atoms with E-state index in [4.69, 9.17) is 4.74 Å². The molecule has 2 atom stereocenters. The van der Waals surface area contributed by atoms with Gasteiger partial charge in [-0.25, -0.2) is 0 Å². The number of aldehydes is 1. The minimum absolute atomic E-state index is 0.366. The molecule has 0 amide bonds. The molecule has 0 aliphatic rings. The molecular weight excluding hydrogens is 254 g/mol. The zero-order valence-corrected chi connectivity index (χ0v) is 12.3. The number of carbonyl (C=O) groups is 2. The second kappa shape index (κ2) is 8.48. The predicted octanol–water partition coefficient (Wildman–Crippen LogP) is 1.97. The maximum atomic E-state index is 12.0. The summed E-state index contributed by atoms with van der Waals surface area (Å²) < 4.78 is 5.29. The molecule has 4 heteroatoms. The van der Waals surface area contributed by atoms with E-state index in [9.17, 15) is 9.59 Å². The Kier molecular flexibility index (Phi) is 6.94. The van der Waals surface area contributed by atoms with Gasteiger partial charge in [-0.3, -0.25) is 9.59 Å². The summed E-state index contributed by atoms with van der Waals surface area (Å²) >= 11 is 0. The van der Waals surface area contributed by atoms with Crippen molar-refractivity contribution in [1.82, 2.24) is 5.32 Å². The van der Waals surface area contributed by atoms with E-state index in [2.05, 4.69) is 5.32 Å². The smallest absolute Gasteiger partial charge is 0.323 e. The van der Waals surface area contributed by atoms with Crippen LogP contribution in [0.15, 0.2) is 30.3 Å². The molecule has 1 unspecified atom stereocenters. The Labute approximate surface area is 120 Å². The van der Waals surface area contributed by atoms with Gasteiger partial charge in [-0.2, -0.15) is 0 Å². The van der Waals surface area contributed by atoms with Crippen molar-refractivity contribution in [3.8, 4) is 0 Å². The molecule has 0 radical (unpaired) electrons. The second-order valence-corrected chi connectivity index (χ2v) is 5.27. The minimum atomic E-state index is -0.729. The van der Waals surface area contributed by atoms with Crippen molar-refractivity contribution in [2.24, 2.45) is 5.92 Å². The van der Waals surface area contributed by atoms with Crippen LogP contribution in [0.4, 0.5) is 0 Å². The predicted molar refractivity (Wildman–Crippen MR) is 78.4 cm³/mol. The molecule has 0 saturated carbocycles. The number of nitrogens with one attached hydrogen (secondary N) is 1. The van der Waals surface area contributed by atoms with E-state index < -0.39 is 6.10 Å². The molecule has 0 saturated heterocycles. The van der Waals surface area contributed by atoms with Crippen LogP contribution in [0.2, 0.25) is 0 Å². The van der Waals surface area contributed by atoms with Crippen molar-refractivity contribution in [2.75, 3.05) is 7.05 Å². The average Bonchev–Trinajstić information content (AvgIpc) is 2.44. The molecule has 1 N–H and O–H groups in total. The topological polar surface area (TPSA) is 55.4 Å². The average molecular weight is 277 g/mol. The lowest BCUT2D eigenvalue weighted by Crippen LogP contribution is -2.39. The Balaban J connectivity index is 2.58. The number of carbonyl (C=O) groups excluding carboxylic acids is 2. The van der Waals surface area contributed by atoms with Crippen LogP contribution in [0, 0.1) is 5.92 Å². The van der Waals surface area contributed by atoms with Crippen molar-refractivity contribution in [2.45, 2.75) is 38.8 Å². The van der Waals surface area contributed by atoms with E-state index in [0.717, 1.165) is 5.56 Å². The number of hydrogen-bond acceptors (Lipinski definition) is 4. The number of esters is 1. The zero-order chi connectivity index (χ0) is 15.0. The maximum Gasteiger partial charge on any atom is 0.323 e. The normalized spacial score (nSPS) is 13.8. The van der Waals surface area contributed by atoms with Crippen LogP contribution >= 0.6 is 0 Å². The fraction of sp³-hybridized carbons (Fsp3) is 0.500. The summed E-state index contributed by atoms with van der Waals surface area (Å²) in [6.45, 7) is 4.08. The molecule has 0 aliphatic carbocycles. The summed E-state index contributed by atoms with van der Waals surface area (Å²) in [5.41, 5.74) is 0.974. The molecule has 0 fully saturated rings. The number of rotatable bonds is 8. The van der Waals surface area contributed by atoms with Crippen LogP contribution in [0.25, 0.3) is 0 Å². The summed E-state index contributed by atoms with van der Waals surface area (Å²) in [5.74, 6) is 0.0121. The number of ether oxygens (including phenoxy) is 1. The lowest BCUT2D eigenvalue weighted by Gasteiger charge is -2.19. The first-order valence-corrected chi connectivity index (χ1v) is 6.93. The minimum Gasteiger partial charge on any atom is -0.453 e. The van der Waals surface area contributed by atoms with Crippen molar-refractivity contribution in [1.29, 1.82) is 0 Å². The molecule has 4 nitrogen and oxygen atoms in total. The van der Waals surface area contributed by atoms with E-state index in [1.54, 1.807) is 7.05 Å². The standard InChI is InChI=1S/C16H23NO3/c1-12(2)9-15(17-3)16(19)20-14(11-18)10-13-7-5-4-6-8-13/h4-8,11-12,14-15,17H,9-10H2,1-3H3/t14-,15?/m1/s1. The van der Waals surface area contributed by atoms with Crippen molar-refractivity contribution >= 4 is 12.3 Å². The first kappa shape index (κ1) is 16.4. The Morgan fingerprint density at radius 2 is 1.95 bits per heavy atom. The highest BCUT2D eigenvalue weighted by atomic mass is 16.5. The molecule has 0 spiro atoms. The third kappa shape index (κ3) is 5.53. The van der Waals surface area contributed by atoms with E-state index in [1.165, 1.54) is 0 Å². The van der Waals surface area contributed by atoms with E-state index in [-0.39, 0.29) is 12.0 Å². The summed E-state index contributed by atoms with van der Waals surface area (Å²) in [6.07, 6.45) is 1.06. The number of hydrogen-bond donors (Lipinski definition) is 1. The summed E-state index contributed by atoms with van der Waals surface area (Å²) in [5, 5.41) is 2.94. The molecular formula is C16H23NO3. The van der Waals surface area contributed by atoms with Gasteiger partial charge in [0.05, 0.1) is 0 Å². The van der Waals surface area contributed by atoms with Gasteiger partial charge in [-0.15, -0.1) is 0 Å². The van der Waals surface area contributed by atoms with Crippen LogP contribution in [-0.4, -0.2) is 31.4 Å². The van der Waals surface area contributed by atoms with Gasteiger partial charge in [0.1, 0.15) is 6.04 Å². The van der Waals surface area contributed by atoms with Gasteiger partial charge in [0, 0.05) is 6.42 Å². The van der Waals surface area contributed by atoms with Gasteiger partial charge >= 0.3 is 5.97 Å². The summed E-state index contributed by atoms with van der Waals surface area (Å²) in [7, 11) is 1.72. The van der Waals surface area contributed by atoms with Gasteiger partial charge < -0.3 is 10.1 Å². The quantitative estimate of drug-likeness (QED) is 0.583. The van der Waals surface area contributed by atoms with E-state index in [1.807, 2.05) is 44.2 Å². The lowest BCUT2D eigenvalue weighted by molar-refractivity contribution is -0.154. The highest BCUT2D eigenvalue weighted by molar-refractivity contribution is 5.78. The molecule has 0 aromatic heterocycles. The molecule has 0 heterocycles. The first-order valence-electron chi connectivity index (χ1n) is 6.93. The van der Waals surface area contributed by atoms with Gasteiger partial charge in [0.15, 0.2) is 12.4 Å². The van der Waals surface area contributed by atoms with Gasteiger partial charge in [-0.1, -0.05) is 44.2 Å². The molecule has 110 valence electrons. The largest absolute Gasteiger partial charge is 0.453 e. The number of likely N-dealkylation sites (N-methyl/N-ethyl adjacent to an activating group) is 1. The molecule has 0 aliphatic heterocycles. The highest BCUT2D eigenvalue weighted by Crippen LogP contribution is 2.09. The van der Waals surface area contributed by atoms with Crippen molar-refractivity contribution < 1.29 is 14.3 Å². The van der Waals surface area contributed by atoms with Crippen molar-refractivity contribution in [3.05, 3.63) is 35.9 Å². The molecule has 20 heavy (non-hydrogen) atoms. The van der Waals surface area contributed by atoms with Crippen LogP contribution < -0.4 is 5.32 Å². The van der Waals surface area contributed by atoms with Crippen molar-refractivity contribution in [3.63, 3.8) is 0 Å². The zero-order valence-electron chi connectivity index (χ0n) is 12.3. The Hall–Kier alpha value is -1.68. The van der Waals surface area contributed by atoms with E-state index in [0.29, 0.717) is 25.0 Å². The molecule has 1 rings (SSSR count). The molecule has 1 aromatic carbocycles. The second-order valence-electron chi connectivity index (χ2n) is 5.27. The summed E-state index contributed by atoms with van der Waals surface area (Å²) in [6, 6.07) is 9.16. The van der Waals surface area contributed by atoms with Crippen LogP contribution in [0.5, 0.6) is 0 Å². The van der Waals surface area contributed by atoms with Crippen LogP contribution in [0.3, 0.4) is 0 Å². The molecule has 1 aromatic rings. The van der Waals surface area contributed by atoms with E-state index >= 15 is 0 Å². The van der Waals surface area contributed by atoms with Gasteiger partial charge in [0.2, 0.25) is 0 Å².